The molecule has 1 aromatic carbocycles. The summed E-state index contributed by atoms with van der Waals surface area (Å²) >= 11 is 6.30. The average Bonchev–Trinajstić information content (AvgIpc) is 2.46. The molecule has 21 heavy (non-hydrogen) atoms. The molecule has 0 heterocycles. The highest BCUT2D eigenvalue weighted by Crippen LogP contribution is 2.36. The van der Waals surface area contributed by atoms with Crippen LogP contribution in [0.15, 0.2) is 12.1 Å². The van der Waals surface area contributed by atoms with E-state index >= 15 is 0 Å². The fourth-order valence-corrected chi connectivity index (χ4v) is 2.07. The zero-order valence-electron chi connectivity index (χ0n) is 13.4. The topological polar surface area (TPSA) is 39.7 Å². The number of hydrogen-bond donors (Lipinski definition) is 1. The van der Waals surface area contributed by atoms with Crippen molar-refractivity contribution in [1.29, 1.82) is 0 Å². The van der Waals surface area contributed by atoms with Gasteiger partial charge >= 0.3 is 0 Å². The zero-order valence-corrected chi connectivity index (χ0v) is 14.1. The van der Waals surface area contributed by atoms with Gasteiger partial charge in [0.1, 0.15) is 6.61 Å². The van der Waals surface area contributed by atoms with Crippen LogP contribution in [0.2, 0.25) is 5.02 Å². The van der Waals surface area contributed by atoms with E-state index in [0.717, 1.165) is 25.1 Å². The minimum Gasteiger partial charge on any atom is -0.493 e. The summed E-state index contributed by atoms with van der Waals surface area (Å²) in [6, 6.07) is 4.27. The molecule has 0 spiro atoms. The van der Waals surface area contributed by atoms with E-state index in [0.29, 0.717) is 35.8 Å². The molecule has 5 heteroatoms. The van der Waals surface area contributed by atoms with Crippen molar-refractivity contribution in [2.75, 3.05) is 26.9 Å². The Labute approximate surface area is 132 Å². The molecule has 0 aliphatic rings. The molecule has 0 atom stereocenters. The lowest BCUT2D eigenvalue weighted by atomic mass is 10.2. The Balaban J connectivity index is 2.66. The number of rotatable bonds is 10. The molecule has 4 nitrogen and oxygen atoms in total. The molecule has 0 amide bonds. The smallest absolute Gasteiger partial charge is 0.179 e. The summed E-state index contributed by atoms with van der Waals surface area (Å²) in [6.07, 6.45) is 1.00. The molecule has 0 bridgehead atoms. The van der Waals surface area contributed by atoms with E-state index in [2.05, 4.69) is 26.1 Å². The number of halogens is 1. The number of ether oxygens (including phenoxy) is 3. The van der Waals surface area contributed by atoms with Crippen LogP contribution in [0.1, 0.15) is 32.8 Å². The van der Waals surface area contributed by atoms with Crippen LogP contribution in [0, 0.1) is 0 Å². The van der Waals surface area contributed by atoms with Crippen molar-refractivity contribution in [2.24, 2.45) is 0 Å². The fourth-order valence-electron chi connectivity index (χ4n) is 1.79. The van der Waals surface area contributed by atoms with Gasteiger partial charge in [0.25, 0.3) is 0 Å². The second-order valence-electron chi connectivity index (χ2n) is 5.11. The van der Waals surface area contributed by atoms with Crippen LogP contribution in [0.3, 0.4) is 0 Å². The normalized spacial score (nSPS) is 11.0. The van der Waals surface area contributed by atoms with Crippen LogP contribution in [0.5, 0.6) is 11.5 Å². The van der Waals surface area contributed by atoms with Gasteiger partial charge < -0.3 is 19.5 Å². The average molecular weight is 316 g/mol. The minimum absolute atomic E-state index is 0.418. The van der Waals surface area contributed by atoms with E-state index in [1.54, 1.807) is 7.11 Å². The third-order valence-corrected chi connectivity index (χ3v) is 3.11. The third kappa shape index (κ3) is 6.55. The van der Waals surface area contributed by atoms with E-state index < -0.39 is 0 Å². The van der Waals surface area contributed by atoms with Crippen molar-refractivity contribution in [3.63, 3.8) is 0 Å². The quantitative estimate of drug-likeness (QED) is 0.669. The van der Waals surface area contributed by atoms with E-state index in [9.17, 15) is 0 Å². The first kappa shape index (κ1) is 18.1. The first-order chi connectivity index (χ1) is 10.1. The standard InChI is InChI=1S/C16H26ClNO3/c1-5-6-20-7-8-21-16-14(17)9-13(10-15(16)19-4)11-18-12(2)3/h9-10,12,18H,5-8,11H2,1-4H3. The maximum absolute atomic E-state index is 6.30. The van der Waals surface area contributed by atoms with E-state index in [1.165, 1.54) is 0 Å². The lowest BCUT2D eigenvalue weighted by Crippen LogP contribution is -2.21. The van der Waals surface area contributed by atoms with E-state index in [1.807, 2.05) is 12.1 Å². The Morgan fingerprint density at radius 1 is 1.19 bits per heavy atom. The lowest BCUT2D eigenvalue weighted by molar-refractivity contribution is 0.0995. The molecular formula is C16H26ClNO3. The van der Waals surface area contributed by atoms with Gasteiger partial charge in [0.2, 0.25) is 0 Å². The summed E-state index contributed by atoms with van der Waals surface area (Å²) in [5.74, 6) is 1.23. The number of benzene rings is 1. The molecule has 0 saturated carbocycles. The van der Waals surface area contributed by atoms with Crippen molar-refractivity contribution < 1.29 is 14.2 Å². The number of nitrogens with one attached hydrogen (secondary N) is 1. The maximum Gasteiger partial charge on any atom is 0.179 e. The lowest BCUT2D eigenvalue weighted by Gasteiger charge is -2.15. The van der Waals surface area contributed by atoms with Gasteiger partial charge in [-0.3, -0.25) is 0 Å². The first-order valence-corrected chi connectivity index (χ1v) is 7.76. The molecule has 0 aliphatic heterocycles. The van der Waals surface area contributed by atoms with Crippen LogP contribution in [0.4, 0.5) is 0 Å². The first-order valence-electron chi connectivity index (χ1n) is 7.38. The maximum atomic E-state index is 6.30. The second kappa shape index (κ2) is 9.87. The van der Waals surface area contributed by atoms with Crippen LogP contribution < -0.4 is 14.8 Å². The molecule has 0 aromatic heterocycles. The van der Waals surface area contributed by atoms with E-state index in [4.69, 9.17) is 25.8 Å². The molecule has 0 fully saturated rings. The molecule has 1 rings (SSSR count). The van der Waals surface area contributed by atoms with Gasteiger partial charge in [-0.05, 0) is 24.1 Å². The monoisotopic (exact) mass is 315 g/mol. The predicted molar refractivity (Wildman–Crippen MR) is 86.6 cm³/mol. The predicted octanol–water partition coefficient (Wildman–Crippen LogP) is 3.65. The summed E-state index contributed by atoms with van der Waals surface area (Å²) < 4.78 is 16.4. The van der Waals surface area contributed by atoms with Gasteiger partial charge in [0.05, 0.1) is 18.7 Å². The van der Waals surface area contributed by atoms with Gasteiger partial charge in [-0.15, -0.1) is 0 Å². The fraction of sp³-hybridized carbons (Fsp3) is 0.625. The van der Waals surface area contributed by atoms with Crippen molar-refractivity contribution in [3.05, 3.63) is 22.7 Å². The molecule has 0 aliphatic carbocycles. The molecule has 120 valence electrons. The largest absolute Gasteiger partial charge is 0.493 e. The van der Waals surface area contributed by atoms with Crippen molar-refractivity contribution in [1.82, 2.24) is 5.32 Å². The van der Waals surface area contributed by atoms with Crippen LogP contribution >= 0.6 is 11.6 Å². The van der Waals surface area contributed by atoms with Gasteiger partial charge in [-0.1, -0.05) is 32.4 Å². The second-order valence-corrected chi connectivity index (χ2v) is 5.51. The zero-order chi connectivity index (χ0) is 15.7. The Hall–Kier alpha value is -0.970. The molecule has 0 unspecified atom stereocenters. The van der Waals surface area contributed by atoms with Crippen molar-refractivity contribution in [2.45, 2.75) is 39.8 Å². The summed E-state index contributed by atoms with van der Waals surface area (Å²) in [7, 11) is 1.62. The molecule has 0 saturated heterocycles. The number of methoxy groups -OCH3 is 1. The Kier molecular flexibility index (Phi) is 8.50. The minimum atomic E-state index is 0.418. The van der Waals surface area contributed by atoms with Gasteiger partial charge in [-0.2, -0.15) is 0 Å². The van der Waals surface area contributed by atoms with Gasteiger partial charge in [0.15, 0.2) is 11.5 Å². The van der Waals surface area contributed by atoms with Crippen LogP contribution in [-0.4, -0.2) is 33.0 Å². The highest BCUT2D eigenvalue weighted by molar-refractivity contribution is 6.32. The Morgan fingerprint density at radius 3 is 2.57 bits per heavy atom. The molecular weight excluding hydrogens is 290 g/mol. The summed E-state index contributed by atoms with van der Waals surface area (Å²) in [5, 5.41) is 3.91. The Morgan fingerprint density at radius 2 is 1.95 bits per heavy atom. The Bertz CT molecular complexity index is 424. The van der Waals surface area contributed by atoms with Crippen molar-refractivity contribution >= 4 is 11.6 Å². The summed E-state index contributed by atoms with van der Waals surface area (Å²) in [4.78, 5) is 0. The van der Waals surface area contributed by atoms with Crippen LogP contribution in [-0.2, 0) is 11.3 Å². The number of hydrogen-bond acceptors (Lipinski definition) is 4. The highest BCUT2D eigenvalue weighted by atomic mass is 35.5. The molecule has 0 radical (unpaired) electrons. The summed E-state index contributed by atoms with van der Waals surface area (Å²) in [5.41, 5.74) is 1.07. The van der Waals surface area contributed by atoms with Crippen molar-refractivity contribution in [3.8, 4) is 11.5 Å². The van der Waals surface area contributed by atoms with Crippen LogP contribution in [0.25, 0.3) is 0 Å². The third-order valence-electron chi connectivity index (χ3n) is 2.83. The molecule has 1 N–H and O–H groups in total. The van der Waals surface area contributed by atoms with Gasteiger partial charge in [0, 0.05) is 19.2 Å². The SMILES string of the molecule is CCCOCCOc1c(Cl)cc(CNC(C)C)cc1OC. The summed E-state index contributed by atoms with van der Waals surface area (Å²) in [6.45, 7) is 8.77. The molecule has 1 aromatic rings. The van der Waals surface area contributed by atoms with Gasteiger partial charge in [-0.25, -0.2) is 0 Å². The van der Waals surface area contributed by atoms with E-state index in [-0.39, 0.29) is 0 Å². The highest BCUT2D eigenvalue weighted by Gasteiger charge is 2.12.